The Bertz CT molecular complexity index is 511. The quantitative estimate of drug-likeness (QED) is 0.689. The van der Waals surface area contributed by atoms with Crippen molar-refractivity contribution in [2.24, 2.45) is 5.92 Å². The Hall–Kier alpha value is -0.560. The average molecular weight is 323 g/mol. The molecule has 0 aliphatic carbocycles. The summed E-state index contributed by atoms with van der Waals surface area (Å²) < 4.78 is 31.9. The van der Waals surface area contributed by atoms with Crippen molar-refractivity contribution in [3.05, 3.63) is 17.9 Å². The first kappa shape index (κ1) is 17.5. The fourth-order valence-electron chi connectivity index (χ4n) is 1.72. The van der Waals surface area contributed by atoms with Crippen LogP contribution in [-0.4, -0.2) is 51.4 Å². The Morgan fingerprint density at radius 3 is 2.35 bits per heavy atom. The minimum Gasteiger partial charge on any atom is -0.447 e. The van der Waals surface area contributed by atoms with E-state index in [2.05, 4.69) is 0 Å². The molecule has 0 unspecified atom stereocenters. The molecular formula is C13H23ClN2O3S. The highest BCUT2D eigenvalue weighted by Gasteiger charge is 2.28. The maximum Gasteiger partial charge on any atom is 0.276 e. The number of likely N-dealkylation sites (N-methyl/N-ethyl adjacent to an activating group) is 1. The van der Waals surface area contributed by atoms with Gasteiger partial charge in [-0.05, 0) is 32.1 Å². The van der Waals surface area contributed by atoms with E-state index < -0.39 is 10.0 Å². The van der Waals surface area contributed by atoms with Gasteiger partial charge >= 0.3 is 0 Å². The highest BCUT2D eigenvalue weighted by Crippen LogP contribution is 2.20. The smallest absolute Gasteiger partial charge is 0.276 e. The minimum atomic E-state index is -3.60. The lowest BCUT2D eigenvalue weighted by molar-refractivity contribution is 0.304. The maximum absolute atomic E-state index is 12.6. The van der Waals surface area contributed by atoms with E-state index in [9.17, 15) is 8.42 Å². The van der Waals surface area contributed by atoms with Crippen molar-refractivity contribution in [2.75, 3.05) is 33.7 Å². The number of hydrogen-bond acceptors (Lipinski definition) is 4. The number of halogens is 1. The lowest BCUT2D eigenvalue weighted by atomic mass is 10.2. The predicted molar refractivity (Wildman–Crippen MR) is 80.4 cm³/mol. The second-order valence-corrected chi connectivity index (χ2v) is 7.55. The highest BCUT2D eigenvalue weighted by molar-refractivity contribution is 7.89. The van der Waals surface area contributed by atoms with Crippen molar-refractivity contribution < 1.29 is 12.8 Å². The van der Waals surface area contributed by atoms with Gasteiger partial charge in [-0.25, -0.2) is 8.42 Å². The van der Waals surface area contributed by atoms with Crippen LogP contribution in [0.3, 0.4) is 0 Å². The van der Waals surface area contributed by atoms with E-state index in [-0.39, 0.29) is 16.9 Å². The molecule has 5 nitrogen and oxygen atoms in total. The topological polar surface area (TPSA) is 53.8 Å². The van der Waals surface area contributed by atoms with E-state index in [1.807, 2.05) is 32.8 Å². The number of sulfonamides is 1. The van der Waals surface area contributed by atoms with Gasteiger partial charge in [0.15, 0.2) is 0 Å². The summed E-state index contributed by atoms with van der Waals surface area (Å²) in [5.74, 6) is 0.869. The molecule has 0 aliphatic heterocycles. The van der Waals surface area contributed by atoms with Crippen LogP contribution in [0.1, 0.15) is 19.6 Å². The fraction of sp³-hybridized carbons (Fsp3) is 0.692. The molecule has 0 N–H and O–H groups in total. The van der Waals surface area contributed by atoms with Crippen molar-refractivity contribution in [1.82, 2.24) is 9.21 Å². The molecule has 116 valence electrons. The summed E-state index contributed by atoms with van der Waals surface area (Å²) in [6.45, 7) is 5.54. The van der Waals surface area contributed by atoms with Crippen LogP contribution < -0.4 is 0 Å². The summed E-state index contributed by atoms with van der Waals surface area (Å²) in [6, 6.07) is 3.06. The van der Waals surface area contributed by atoms with Crippen LogP contribution >= 0.6 is 11.6 Å². The molecule has 0 spiro atoms. The summed E-state index contributed by atoms with van der Waals surface area (Å²) in [4.78, 5) is 1.95. The largest absolute Gasteiger partial charge is 0.447 e. The van der Waals surface area contributed by atoms with Crippen LogP contribution in [0.4, 0.5) is 0 Å². The lowest BCUT2D eigenvalue weighted by Gasteiger charge is -2.24. The van der Waals surface area contributed by atoms with Gasteiger partial charge in [-0.15, -0.1) is 11.6 Å². The number of furan rings is 1. The number of hydrogen-bond donors (Lipinski definition) is 0. The fourth-order valence-corrected chi connectivity index (χ4v) is 3.39. The number of nitrogens with zero attached hydrogens (tertiary/aromatic N) is 2. The molecule has 0 amide bonds. The Balaban J connectivity index is 2.96. The van der Waals surface area contributed by atoms with Crippen molar-refractivity contribution in [3.8, 4) is 0 Å². The van der Waals surface area contributed by atoms with Crippen molar-refractivity contribution >= 4 is 21.6 Å². The first-order chi connectivity index (χ1) is 9.27. The molecule has 1 aromatic rings. The monoisotopic (exact) mass is 322 g/mol. The number of rotatable bonds is 8. The van der Waals surface area contributed by atoms with Gasteiger partial charge in [0.1, 0.15) is 5.76 Å². The Morgan fingerprint density at radius 2 is 1.90 bits per heavy atom. The zero-order chi connectivity index (χ0) is 15.3. The van der Waals surface area contributed by atoms with Crippen LogP contribution in [0.2, 0.25) is 0 Å². The van der Waals surface area contributed by atoms with E-state index in [0.29, 0.717) is 25.4 Å². The first-order valence-electron chi connectivity index (χ1n) is 6.57. The average Bonchev–Trinajstić information content (AvgIpc) is 2.83. The van der Waals surface area contributed by atoms with Crippen molar-refractivity contribution in [1.29, 1.82) is 0 Å². The van der Waals surface area contributed by atoms with Gasteiger partial charge in [0.25, 0.3) is 10.0 Å². The van der Waals surface area contributed by atoms with Gasteiger partial charge in [0, 0.05) is 19.6 Å². The number of alkyl halides is 1. The van der Waals surface area contributed by atoms with E-state index in [1.54, 1.807) is 6.07 Å². The highest BCUT2D eigenvalue weighted by atomic mass is 35.5. The summed E-state index contributed by atoms with van der Waals surface area (Å²) in [5.41, 5.74) is 0. The molecule has 0 saturated carbocycles. The van der Waals surface area contributed by atoms with E-state index in [0.717, 1.165) is 0 Å². The molecule has 0 fully saturated rings. The molecule has 0 atom stereocenters. The predicted octanol–water partition coefficient (Wildman–Crippen LogP) is 2.23. The third-order valence-electron chi connectivity index (χ3n) is 2.73. The second kappa shape index (κ2) is 7.45. The van der Waals surface area contributed by atoms with Crippen molar-refractivity contribution in [3.63, 3.8) is 0 Å². The lowest BCUT2D eigenvalue weighted by Crippen LogP contribution is -2.38. The third-order valence-corrected chi connectivity index (χ3v) is 4.73. The molecule has 0 bridgehead atoms. The van der Waals surface area contributed by atoms with Crippen LogP contribution in [0, 0.1) is 5.92 Å². The summed E-state index contributed by atoms with van der Waals surface area (Å²) >= 11 is 5.65. The minimum absolute atomic E-state index is 0.0347. The molecule has 0 aromatic carbocycles. The van der Waals surface area contributed by atoms with Crippen LogP contribution in [0.5, 0.6) is 0 Å². The maximum atomic E-state index is 12.6. The Kier molecular flexibility index (Phi) is 6.51. The summed E-state index contributed by atoms with van der Waals surface area (Å²) in [7, 11) is 0.231. The first-order valence-corrected chi connectivity index (χ1v) is 8.54. The van der Waals surface area contributed by atoms with Crippen LogP contribution in [0.25, 0.3) is 0 Å². The Morgan fingerprint density at radius 1 is 1.25 bits per heavy atom. The van der Waals surface area contributed by atoms with Gasteiger partial charge in [-0.3, -0.25) is 0 Å². The SMILES string of the molecule is CC(C)CN(CCN(C)C)S(=O)(=O)c1ccc(CCl)o1. The second-order valence-electron chi connectivity index (χ2n) is 5.41. The molecule has 1 heterocycles. The molecule has 0 saturated heterocycles. The van der Waals surface area contributed by atoms with Gasteiger partial charge in [0.05, 0.1) is 5.88 Å². The standard InChI is InChI=1S/C13H23ClN2O3S/c1-11(2)10-16(8-7-15(3)4)20(17,18)13-6-5-12(9-14)19-13/h5-6,11H,7-10H2,1-4H3. The molecule has 0 aliphatic rings. The molecule has 0 radical (unpaired) electrons. The Labute approximate surface area is 126 Å². The van der Waals surface area contributed by atoms with E-state index >= 15 is 0 Å². The van der Waals surface area contributed by atoms with Gasteiger partial charge in [-0.1, -0.05) is 13.8 Å². The van der Waals surface area contributed by atoms with Gasteiger partial charge in [0.2, 0.25) is 5.09 Å². The van der Waals surface area contributed by atoms with Gasteiger partial charge in [-0.2, -0.15) is 4.31 Å². The zero-order valence-electron chi connectivity index (χ0n) is 12.5. The van der Waals surface area contributed by atoms with E-state index in [4.69, 9.17) is 16.0 Å². The van der Waals surface area contributed by atoms with Crippen molar-refractivity contribution in [2.45, 2.75) is 24.8 Å². The molecule has 1 aromatic heterocycles. The zero-order valence-corrected chi connectivity index (χ0v) is 14.0. The normalized spacial score (nSPS) is 12.8. The summed E-state index contributed by atoms with van der Waals surface area (Å²) in [6.07, 6.45) is 0. The van der Waals surface area contributed by atoms with Gasteiger partial charge < -0.3 is 9.32 Å². The molecule has 7 heteroatoms. The van der Waals surface area contributed by atoms with Crippen LogP contribution in [-0.2, 0) is 15.9 Å². The summed E-state index contributed by atoms with van der Waals surface area (Å²) in [5, 5.41) is -0.0347. The molecule has 1 rings (SSSR count). The third kappa shape index (κ3) is 4.77. The van der Waals surface area contributed by atoms with Crippen LogP contribution in [0.15, 0.2) is 21.6 Å². The molecule has 20 heavy (non-hydrogen) atoms. The van der Waals surface area contributed by atoms with E-state index in [1.165, 1.54) is 10.4 Å². The molecular weight excluding hydrogens is 300 g/mol.